The van der Waals surface area contributed by atoms with Gasteiger partial charge in [0.2, 0.25) is 0 Å². The number of benzene rings is 1. The summed E-state index contributed by atoms with van der Waals surface area (Å²) in [6, 6.07) is 11.8. The summed E-state index contributed by atoms with van der Waals surface area (Å²) in [6.45, 7) is 6.27. The molecular weight excluding hydrogens is 452 g/mol. The van der Waals surface area contributed by atoms with Gasteiger partial charge >= 0.3 is 0 Å². The first kappa shape index (κ1) is 23.3. The Labute approximate surface area is 203 Å². The number of piperidine rings is 1. The Hall–Kier alpha value is -2.89. The lowest BCUT2D eigenvalue weighted by Crippen LogP contribution is -2.37. The van der Waals surface area contributed by atoms with Crippen LogP contribution in [0, 0.1) is 18.3 Å². The van der Waals surface area contributed by atoms with Crippen LogP contribution in [0.4, 0.5) is 5.82 Å². The third-order valence-electron chi connectivity index (χ3n) is 6.15. The topological polar surface area (TPSA) is 69.3 Å². The van der Waals surface area contributed by atoms with Crippen LogP contribution in [-0.2, 0) is 17.9 Å². The monoisotopic (exact) mass is 478 g/mol. The number of nitriles is 1. The summed E-state index contributed by atoms with van der Waals surface area (Å²) in [5.74, 6) is 0.651. The molecular formula is C25H26N4O2S2. The quantitative estimate of drug-likeness (QED) is 0.467. The molecule has 1 aromatic carbocycles. The molecule has 1 aromatic heterocycles. The minimum absolute atomic E-state index is 0.128. The van der Waals surface area contributed by atoms with E-state index in [0.29, 0.717) is 27.9 Å². The highest BCUT2D eigenvalue weighted by atomic mass is 32.2. The summed E-state index contributed by atoms with van der Waals surface area (Å²) >= 11 is 6.80. The first-order valence-electron chi connectivity index (χ1n) is 11.2. The molecule has 3 heterocycles. The summed E-state index contributed by atoms with van der Waals surface area (Å²) in [6.07, 6.45) is 5.09. The highest BCUT2D eigenvalue weighted by molar-refractivity contribution is 8.26. The molecule has 2 saturated heterocycles. The number of hydrogen-bond acceptors (Lipinski definition) is 6. The molecule has 0 unspecified atom stereocenters. The van der Waals surface area contributed by atoms with E-state index in [9.17, 15) is 14.9 Å². The Balaban J connectivity index is 1.81. The summed E-state index contributed by atoms with van der Waals surface area (Å²) in [7, 11) is 0. The van der Waals surface area contributed by atoms with Crippen LogP contribution in [0.2, 0.25) is 0 Å². The van der Waals surface area contributed by atoms with E-state index in [1.54, 1.807) is 16.4 Å². The maximum absolute atomic E-state index is 13.3. The van der Waals surface area contributed by atoms with Crippen molar-refractivity contribution in [3.05, 3.63) is 67.8 Å². The molecule has 6 nitrogen and oxygen atoms in total. The van der Waals surface area contributed by atoms with Crippen LogP contribution >= 0.6 is 24.0 Å². The molecule has 2 aliphatic rings. The van der Waals surface area contributed by atoms with Crippen LogP contribution in [0.1, 0.15) is 48.4 Å². The van der Waals surface area contributed by atoms with Gasteiger partial charge in [-0.3, -0.25) is 19.1 Å². The molecule has 2 aliphatic heterocycles. The second kappa shape index (κ2) is 9.94. The first-order valence-corrected chi connectivity index (χ1v) is 12.4. The van der Waals surface area contributed by atoms with E-state index in [4.69, 9.17) is 12.2 Å². The third kappa shape index (κ3) is 4.48. The largest absolute Gasteiger partial charge is 0.357 e. The van der Waals surface area contributed by atoms with Crippen molar-refractivity contribution in [1.82, 2.24) is 9.47 Å². The zero-order valence-electron chi connectivity index (χ0n) is 18.8. The number of amides is 1. The fourth-order valence-electron chi connectivity index (χ4n) is 4.42. The Bertz CT molecular complexity index is 1220. The zero-order valence-corrected chi connectivity index (χ0v) is 20.5. The van der Waals surface area contributed by atoms with Gasteiger partial charge < -0.3 is 4.90 Å². The Morgan fingerprint density at radius 1 is 1.15 bits per heavy atom. The van der Waals surface area contributed by atoms with Gasteiger partial charge in [-0.2, -0.15) is 5.26 Å². The first-order chi connectivity index (χ1) is 16.0. The molecule has 0 atom stereocenters. The number of thiocarbonyl (C=S) groups is 1. The predicted molar refractivity (Wildman–Crippen MR) is 137 cm³/mol. The number of rotatable bonds is 5. The number of hydrogen-bond donors (Lipinski definition) is 0. The maximum atomic E-state index is 13.3. The van der Waals surface area contributed by atoms with Crippen molar-refractivity contribution in [1.29, 1.82) is 5.26 Å². The molecule has 1 amide bonds. The van der Waals surface area contributed by atoms with Gasteiger partial charge in [0, 0.05) is 25.2 Å². The molecule has 8 heteroatoms. The maximum Gasteiger partial charge on any atom is 0.270 e. The number of anilines is 1. The highest BCUT2D eigenvalue weighted by Crippen LogP contribution is 2.37. The van der Waals surface area contributed by atoms with Crippen molar-refractivity contribution in [3.63, 3.8) is 0 Å². The van der Waals surface area contributed by atoms with Crippen molar-refractivity contribution in [2.24, 2.45) is 0 Å². The fraction of sp³-hybridized carbons (Fsp3) is 0.360. The summed E-state index contributed by atoms with van der Waals surface area (Å²) in [5.41, 5.74) is 2.23. The van der Waals surface area contributed by atoms with Crippen molar-refractivity contribution >= 4 is 46.1 Å². The van der Waals surface area contributed by atoms with E-state index in [2.05, 4.69) is 11.0 Å². The smallest absolute Gasteiger partial charge is 0.270 e. The van der Waals surface area contributed by atoms with Gasteiger partial charge in [-0.25, -0.2) is 0 Å². The summed E-state index contributed by atoms with van der Waals surface area (Å²) in [5, 5.41) is 9.71. The zero-order chi connectivity index (χ0) is 23.5. The van der Waals surface area contributed by atoms with Gasteiger partial charge in [0.05, 0.1) is 11.4 Å². The van der Waals surface area contributed by atoms with Gasteiger partial charge in [-0.15, -0.1) is 0 Å². The molecule has 33 heavy (non-hydrogen) atoms. The molecule has 0 N–H and O–H groups in total. The van der Waals surface area contributed by atoms with Gasteiger partial charge in [0.1, 0.15) is 21.8 Å². The van der Waals surface area contributed by atoms with E-state index in [1.807, 2.05) is 43.3 Å². The average Bonchev–Trinajstić information content (AvgIpc) is 3.09. The lowest BCUT2D eigenvalue weighted by molar-refractivity contribution is -0.122. The Kier molecular flexibility index (Phi) is 7.01. The van der Waals surface area contributed by atoms with Crippen molar-refractivity contribution in [2.45, 2.75) is 46.2 Å². The van der Waals surface area contributed by atoms with Crippen LogP contribution < -0.4 is 10.5 Å². The van der Waals surface area contributed by atoms with Crippen molar-refractivity contribution in [2.75, 3.05) is 18.0 Å². The van der Waals surface area contributed by atoms with Crippen molar-refractivity contribution < 1.29 is 4.79 Å². The number of pyridine rings is 1. The van der Waals surface area contributed by atoms with Crippen LogP contribution in [0.5, 0.6) is 0 Å². The average molecular weight is 479 g/mol. The minimum Gasteiger partial charge on any atom is -0.357 e. The van der Waals surface area contributed by atoms with E-state index >= 15 is 0 Å². The van der Waals surface area contributed by atoms with E-state index in [1.165, 1.54) is 11.8 Å². The number of carbonyl (C=O) groups excluding carboxylic acids is 1. The van der Waals surface area contributed by atoms with E-state index < -0.39 is 0 Å². The minimum atomic E-state index is -0.271. The Morgan fingerprint density at radius 3 is 2.48 bits per heavy atom. The second-order valence-electron chi connectivity index (χ2n) is 8.20. The van der Waals surface area contributed by atoms with E-state index in [-0.39, 0.29) is 17.0 Å². The van der Waals surface area contributed by atoms with Gasteiger partial charge in [0.25, 0.3) is 11.5 Å². The number of aromatic nitrogens is 1. The molecule has 0 aliphatic carbocycles. The molecule has 0 saturated carbocycles. The van der Waals surface area contributed by atoms with Crippen LogP contribution in [0.15, 0.2) is 40.0 Å². The lowest BCUT2D eigenvalue weighted by atomic mass is 10.0. The van der Waals surface area contributed by atoms with E-state index in [0.717, 1.165) is 49.3 Å². The normalized spacial score (nSPS) is 17.7. The third-order valence-corrected chi connectivity index (χ3v) is 7.53. The fourth-order valence-corrected chi connectivity index (χ4v) is 5.65. The van der Waals surface area contributed by atoms with Crippen molar-refractivity contribution in [3.8, 4) is 6.07 Å². The highest BCUT2D eigenvalue weighted by Gasteiger charge is 2.33. The molecule has 170 valence electrons. The SMILES string of the molecule is CCn1c(N2CCCCC2)c(C=C2SC(=S)N(Cc3ccccc3)C2=O)c(C)c(C#N)c1=O. The number of thioether (sulfide) groups is 1. The lowest BCUT2D eigenvalue weighted by Gasteiger charge is -2.33. The molecule has 0 spiro atoms. The van der Waals surface area contributed by atoms with Crippen LogP contribution in [-0.4, -0.2) is 32.8 Å². The predicted octanol–water partition coefficient (Wildman–Crippen LogP) is 4.44. The standard InChI is InChI=1S/C25H26N4O2S2/c1-3-28-22(27-12-8-5-9-13-27)19(17(2)20(15-26)23(28)30)14-21-24(31)29(25(32)33-21)16-18-10-6-4-7-11-18/h4,6-7,10-11,14H,3,5,8-9,12-13,16H2,1-2H3. The molecule has 4 rings (SSSR count). The van der Waals surface area contributed by atoms with Gasteiger partial charge in [-0.1, -0.05) is 54.3 Å². The molecule has 0 bridgehead atoms. The molecule has 2 fully saturated rings. The van der Waals surface area contributed by atoms with Gasteiger partial charge in [0.15, 0.2) is 0 Å². The molecule has 2 aromatic rings. The van der Waals surface area contributed by atoms with Crippen LogP contribution in [0.25, 0.3) is 6.08 Å². The molecule has 0 radical (unpaired) electrons. The van der Waals surface area contributed by atoms with Gasteiger partial charge in [-0.05, 0) is 50.3 Å². The summed E-state index contributed by atoms with van der Waals surface area (Å²) in [4.78, 5) is 30.7. The Morgan fingerprint density at radius 2 is 1.85 bits per heavy atom. The number of carbonyl (C=O) groups is 1. The number of nitrogens with zero attached hydrogens (tertiary/aromatic N) is 4. The second-order valence-corrected chi connectivity index (χ2v) is 9.88. The van der Waals surface area contributed by atoms with Crippen LogP contribution in [0.3, 0.4) is 0 Å². The summed E-state index contributed by atoms with van der Waals surface area (Å²) < 4.78 is 2.18.